The van der Waals surface area contributed by atoms with Crippen molar-refractivity contribution in [3.05, 3.63) is 24.2 Å². The predicted octanol–water partition coefficient (Wildman–Crippen LogP) is 3.92. The number of furan rings is 1. The number of nitrogens with zero attached hydrogens (tertiary/aromatic N) is 2. The number of carbonyl (C=O) groups excluding carboxylic acids is 1. The second kappa shape index (κ2) is 7.39. The molecule has 2 unspecified atom stereocenters. The third-order valence-electron chi connectivity index (χ3n) is 4.33. The topological polar surface area (TPSA) is 45.9 Å². The number of ether oxygens (including phenoxy) is 1. The Bertz CT molecular complexity index is 493. The summed E-state index contributed by atoms with van der Waals surface area (Å²) in [6, 6.07) is 4.17. The minimum Gasteiger partial charge on any atom is -0.468 e. The largest absolute Gasteiger partial charge is 0.468 e. The van der Waals surface area contributed by atoms with Gasteiger partial charge in [-0.2, -0.15) is 0 Å². The van der Waals surface area contributed by atoms with E-state index in [9.17, 15) is 4.79 Å². The molecule has 5 heteroatoms. The van der Waals surface area contributed by atoms with Crippen LogP contribution in [0.1, 0.15) is 52.3 Å². The molecule has 130 valence electrons. The normalized spacial score (nSPS) is 20.6. The average Bonchev–Trinajstić information content (AvgIpc) is 2.99. The zero-order chi connectivity index (χ0) is 17.0. The van der Waals surface area contributed by atoms with Gasteiger partial charge in [-0.25, -0.2) is 4.79 Å². The molecule has 2 heterocycles. The third-order valence-corrected chi connectivity index (χ3v) is 4.33. The summed E-state index contributed by atoms with van der Waals surface area (Å²) in [4.78, 5) is 16.4. The minimum atomic E-state index is -0.436. The van der Waals surface area contributed by atoms with E-state index < -0.39 is 5.60 Å². The highest BCUT2D eigenvalue weighted by molar-refractivity contribution is 5.68. The van der Waals surface area contributed by atoms with Crippen molar-refractivity contribution in [2.75, 3.05) is 26.7 Å². The van der Waals surface area contributed by atoms with Crippen LogP contribution < -0.4 is 0 Å². The van der Waals surface area contributed by atoms with Gasteiger partial charge in [-0.1, -0.05) is 0 Å². The molecule has 5 nitrogen and oxygen atoms in total. The first-order valence-corrected chi connectivity index (χ1v) is 8.48. The van der Waals surface area contributed by atoms with Crippen LogP contribution in [0.4, 0.5) is 4.79 Å². The highest BCUT2D eigenvalue weighted by Crippen LogP contribution is 2.24. The van der Waals surface area contributed by atoms with Crippen LogP contribution in [-0.2, 0) is 4.74 Å². The molecular weight excluding hydrogens is 292 g/mol. The van der Waals surface area contributed by atoms with Gasteiger partial charge in [0.25, 0.3) is 0 Å². The van der Waals surface area contributed by atoms with E-state index in [1.807, 2.05) is 37.8 Å². The van der Waals surface area contributed by atoms with Crippen LogP contribution in [0.5, 0.6) is 0 Å². The Balaban J connectivity index is 1.87. The fourth-order valence-electron chi connectivity index (χ4n) is 3.02. The van der Waals surface area contributed by atoms with Crippen LogP contribution in [-0.4, -0.2) is 48.2 Å². The Labute approximate surface area is 139 Å². The molecule has 0 radical (unpaired) electrons. The van der Waals surface area contributed by atoms with Gasteiger partial charge in [0.2, 0.25) is 0 Å². The van der Waals surface area contributed by atoms with Crippen molar-refractivity contribution < 1.29 is 13.9 Å². The number of likely N-dealkylation sites (tertiary alicyclic amines) is 1. The molecule has 2 rings (SSSR count). The maximum atomic E-state index is 12.2. The van der Waals surface area contributed by atoms with E-state index in [1.165, 1.54) is 0 Å². The number of piperidine rings is 1. The van der Waals surface area contributed by atoms with Crippen molar-refractivity contribution in [1.82, 2.24) is 9.80 Å². The van der Waals surface area contributed by atoms with Crippen molar-refractivity contribution >= 4 is 6.09 Å². The lowest BCUT2D eigenvalue weighted by Gasteiger charge is -2.36. The van der Waals surface area contributed by atoms with E-state index >= 15 is 0 Å². The quantitative estimate of drug-likeness (QED) is 0.843. The molecule has 1 aromatic heterocycles. The highest BCUT2D eigenvalue weighted by atomic mass is 16.6. The summed E-state index contributed by atoms with van der Waals surface area (Å²) in [5, 5.41) is 0. The molecule has 1 aromatic rings. The number of carbonyl (C=O) groups is 1. The number of rotatable bonds is 4. The first kappa shape index (κ1) is 17.9. The van der Waals surface area contributed by atoms with Crippen LogP contribution in [0, 0.1) is 5.92 Å². The van der Waals surface area contributed by atoms with Crippen LogP contribution in [0.15, 0.2) is 22.8 Å². The molecule has 2 atom stereocenters. The summed E-state index contributed by atoms with van der Waals surface area (Å²) < 4.78 is 11.0. The molecular formula is C18H30N2O3. The van der Waals surface area contributed by atoms with E-state index in [4.69, 9.17) is 9.15 Å². The predicted molar refractivity (Wildman–Crippen MR) is 90.3 cm³/mol. The Morgan fingerprint density at radius 2 is 2.26 bits per heavy atom. The fraction of sp³-hybridized carbons (Fsp3) is 0.722. The van der Waals surface area contributed by atoms with Crippen LogP contribution >= 0.6 is 0 Å². The van der Waals surface area contributed by atoms with Gasteiger partial charge in [0.15, 0.2) is 0 Å². The minimum absolute atomic E-state index is 0.191. The molecule has 1 fully saturated rings. The molecule has 1 aliphatic rings. The number of hydrogen-bond donors (Lipinski definition) is 0. The van der Waals surface area contributed by atoms with Crippen molar-refractivity contribution in [3.8, 4) is 0 Å². The van der Waals surface area contributed by atoms with E-state index in [0.29, 0.717) is 5.92 Å². The zero-order valence-electron chi connectivity index (χ0n) is 15.0. The Morgan fingerprint density at radius 1 is 1.52 bits per heavy atom. The number of hydrogen-bond acceptors (Lipinski definition) is 4. The van der Waals surface area contributed by atoms with Gasteiger partial charge in [-0.15, -0.1) is 0 Å². The lowest BCUT2D eigenvalue weighted by atomic mass is 9.97. The van der Waals surface area contributed by atoms with Crippen molar-refractivity contribution in [3.63, 3.8) is 0 Å². The second-order valence-electron chi connectivity index (χ2n) is 7.57. The summed E-state index contributed by atoms with van der Waals surface area (Å²) in [5.41, 5.74) is -0.436. The Morgan fingerprint density at radius 3 is 2.87 bits per heavy atom. The summed E-state index contributed by atoms with van der Waals surface area (Å²) >= 11 is 0. The molecule has 0 aromatic carbocycles. The SMILES string of the molecule is CC(c1ccco1)N(C)CC1CCCN(C(=O)OC(C)(C)C)C1. The van der Waals surface area contributed by atoms with Crippen molar-refractivity contribution in [2.24, 2.45) is 5.92 Å². The van der Waals surface area contributed by atoms with Gasteiger partial charge < -0.3 is 14.1 Å². The highest BCUT2D eigenvalue weighted by Gasteiger charge is 2.29. The molecule has 1 saturated heterocycles. The summed E-state index contributed by atoms with van der Waals surface area (Å²) in [7, 11) is 2.11. The Kier molecular flexibility index (Phi) is 5.74. The summed E-state index contributed by atoms with van der Waals surface area (Å²) in [6.45, 7) is 10.4. The molecule has 23 heavy (non-hydrogen) atoms. The summed E-state index contributed by atoms with van der Waals surface area (Å²) in [6.07, 6.45) is 3.70. The van der Waals surface area contributed by atoms with Crippen LogP contribution in [0.2, 0.25) is 0 Å². The van der Waals surface area contributed by atoms with E-state index in [-0.39, 0.29) is 12.1 Å². The second-order valence-corrected chi connectivity index (χ2v) is 7.57. The Hall–Kier alpha value is -1.49. The lowest BCUT2D eigenvalue weighted by Crippen LogP contribution is -2.45. The number of amides is 1. The molecule has 0 saturated carbocycles. The van der Waals surface area contributed by atoms with E-state index in [1.54, 1.807) is 6.26 Å². The average molecular weight is 322 g/mol. The van der Waals surface area contributed by atoms with Crippen LogP contribution in [0.25, 0.3) is 0 Å². The van der Waals surface area contributed by atoms with Gasteiger partial charge in [0.05, 0.1) is 12.3 Å². The zero-order valence-corrected chi connectivity index (χ0v) is 15.0. The molecule has 0 N–H and O–H groups in total. The summed E-state index contributed by atoms with van der Waals surface area (Å²) in [5.74, 6) is 1.45. The maximum absolute atomic E-state index is 12.2. The van der Waals surface area contributed by atoms with Crippen molar-refractivity contribution in [2.45, 2.75) is 52.2 Å². The van der Waals surface area contributed by atoms with E-state index in [2.05, 4.69) is 18.9 Å². The molecule has 1 aliphatic heterocycles. The monoisotopic (exact) mass is 322 g/mol. The smallest absolute Gasteiger partial charge is 0.410 e. The lowest BCUT2D eigenvalue weighted by molar-refractivity contribution is 0.0140. The maximum Gasteiger partial charge on any atom is 0.410 e. The van der Waals surface area contributed by atoms with Gasteiger partial charge in [0, 0.05) is 19.6 Å². The third kappa shape index (κ3) is 5.27. The molecule has 0 aliphatic carbocycles. The van der Waals surface area contributed by atoms with Gasteiger partial charge in [-0.05, 0) is 65.6 Å². The van der Waals surface area contributed by atoms with E-state index in [0.717, 1.165) is 38.2 Å². The van der Waals surface area contributed by atoms with Crippen molar-refractivity contribution in [1.29, 1.82) is 0 Å². The molecule has 0 spiro atoms. The van der Waals surface area contributed by atoms with Gasteiger partial charge in [-0.3, -0.25) is 4.90 Å². The van der Waals surface area contributed by atoms with Gasteiger partial charge in [0.1, 0.15) is 11.4 Å². The first-order valence-electron chi connectivity index (χ1n) is 8.48. The molecule has 1 amide bonds. The fourth-order valence-corrected chi connectivity index (χ4v) is 3.02. The van der Waals surface area contributed by atoms with Crippen LogP contribution in [0.3, 0.4) is 0 Å². The first-order chi connectivity index (χ1) is 10.8. The standard InChI is InChI=1S/C18H30N2O3/c1-14(16-9-7-11-22-16)19(5)12-15-8-6-10-20(13-15)17(21)23-18(2,3)4/h7,9,11,14-15H,6,8,10,12-13H2,1-5H3. The molecule has 0 bridgehead atoms. The van der Waals surface area contributed by atoms with Gasteiger partial charge >= 0.3 is 6.09 Å².